The van der Waals surface area contributed by atoms with Gasteiger partial charge in [0.15, 0.2) is 0 Å². The average molecular weight is 358 g/mol. The van der Waals surface area contributed by atoms with Crippen LogP contribution in [0.1, 0.15) is 37.5 Å². The number of hydrogen-bond acceptors (Lipinski definition) is 2. The molecule has 0 aliphatic heterocycles. The molecule has 3 aromatic carbocycles. The van der Waals surface area contributed by atoms with Gasteiger partial charge in [0.05, 0.1) is 0 Å². The molecule has 0 bridgehead atoms. The second-order valence-corrected chi connectivity index (χ2v) is 7.78. The van der Waals surface area contributed by atoms with Crippen LogP contribution in [0.15, 0.2) is 72.8 Å². The Balaban J connectivity index is 2.05. The monoisotopic (exact) mass is 358 g/mol. The molecule has 0 aliphatic carbocycles. The summed E-state index contributed by atoms with van der Waals surface area (Å²) in [5.74, 6) is 0.914. The molecule has 3 aromatic rings. The van der Waals surface area contributed by atoms with Crippen LogP contribution in [0.5, 0.6) is 5.75 Å². The molecule has 138 valence electrons. The van der Waals surface area contributed by atoms with Crippen LogP contribution in [-0.4, -0.2) is 6.29 Å². The summed E-state index contributed by atoms with van der Waals surface area (Å²) in [6, 6.07) is 24.7. The SMILES string of the molecule is CC(C)(C)c1cccc(-c2cccc(CC=O)c2)c1OCc1ccccc1. The van der Waals surface area contributed by atoms with Crippen molar-refractivity contribution in [1.82, 2.24) is 0 Å². The van der Waals surface area contributed by atoms with Crippen molar-refractivity contribution in [2.24, 2.45) is 0 Å². The Morgan fingerprint density at radius 3 is 2.26 bits per heavy atom. The number of hydrogen-bond donors (Lipinski definition) is 0. The highest BCUT2D eigenvalue weighted by molar-refractivity contribution is 5.74. The van der Waals surface area contributed by atoms with Gasteiger partial charge < -0.3 is 9.53 Å². The van der Waals surface area contributed by atoms with Crippen molar-refractivity contribution in [3.05, 3.63) is 89.5 Å². The van der Waals surface area contributed by atoms with Gasteiger partial charge in [-0.3, -0.25) is 0 Å². The fraction of sp³-hybridized carbons (Fsp3) is 0.240. The van der Waals surface area contributed by atoms with E-state index in [1.807, 2.05) is 30.3 Å². The van der Waals surface area contributed by atoms with Crippen LogP contribution in [0.2, 0.25) is 0 Å². The van der Waals surface area contributed by atoms with Gasteiger partial charge in [-0.25, -0.2) is 0 Å². The third-order valence-corrected chi connectivity index (χ3v) is 4.61. The quantitative estimate of drug-likeness (QED) is 0.507. The van der Waals surface area contributed by atoms with Gasteiger partial charge in [0.1, 0.15) is 18.6 Å². The molecule has 0 saturated carbocycles. The van der Waals surface area contributed by atoms with Crippen LogP contribution in [0.4, 0.5) is 0 Å². The van der Waals surface area contributed by atoms with Crippen molar-refractivity contribution in [2.45, 2.75) is 39.2 Å². The van der Waals surface area contributed by atoms with E-state index in [0.717, 1.165) is 34.3 Å². The van der Waals surface area contributed by atoms with E-state index in [4.69, 9.17) is 4.74 Å². The molecule has 0 spiro atoms. The van der Waals surface area contributed by atoms with Crippen LogP contribution in [0.3, 0.4) is 0 Å². The normalized spacial score (nSPS) is 11.2. The van der Waals surface area contributed by atoms with Crippen molar-refractivity contribution in [2.75, 3.05) is 0 Å². The average Bonchev–Trinajstić information content (AvgIpc) is 2.67. The van der Waals surface area contributed by atoms with E-state index in [9.17, 15) is 4.79 Å². The summed E-state index contributed by atoms with van der Waals surface area (Å²) in [5.41, 5.74) is 5.42. The third-order valence-electron chi connectivity index (χ3n) is 4.61. The highest BCUT2D eigenvalue weighted by Gasteiger charge is 2.22. The molecule has 2 nitrogen and oxygen atoms in total. The zero-order chi connectivity index (χ0) is 19.3. The first-order valence-electron chi connectivity index (χ1n) is 9.32. The highest BCUT2D eigenvalue weighted by atomic mass is 16.5. The maximum absolute atomic E-state index is 10.9. The summed E-state index contributed by atoms with van der Waals surface area (Å²) in [5, 5.41) is 0. The van der Waals surface area contributed by atoms with Crippen molar-refractivity contribution < 1.29 is 9.53 Å². The maximum Gasteiger partial charge on any atom is 0.131 e. The summed E-state index contributed by atoms with van der Waals surface area (Å²) < 4.78 is 6.37. The summed E-state index contributed by atoms with van der Waals surface area (Å²) in [6.45, 7) is 7.12. The number of carbonyl (C=O) groups excluding carboxylic acids is 1. The molecular formula is C25H26O2. The molecule has 0 radical (unpaired) electrons. The smallest absolute Gasteiger partial charge is 0.131 e. The summed E-state index contributed by atoms with van der Waals surface area (Å²) in [4.78, 5) is 10.9. The Kier molecular flexibility index (Phi) is 5.75. The van der Waals surface area contributed by atoms with Crippen molar-refractivity contribution in [3.63, 3.8) is 0 Å². The van der Waals surface area contributed by atoms with E-state index >= 15 is 0 Å². The highest BCUT2D eigenvalue weighted by Crippen LogP contribution is 2.40. The number of ether oxygens (including phenoxy) is 1. The fourth-order valence-corrected chi connectivity index (χ4v) is 3.20. The van der Waals surface area contributed by atoms with E-state index in [1.165, 1.54) is 5.56 Å². The van der Waals surface area contributed by atoms with E-state index < -0.39 is 0 Å². The molecule has 0 unspecified atom stereocenters. The first-order chi connectivity index (χ1) is 13.0. The van der Waals surface area contributed by atoms with Crippen LogP contribution in [0.25, 0.3) is 11.1 Å². The van der Waals surface area contributed by atoms with Gasteiger partial charge >= 0.3 is 0 Å². The largest absolute Gasteiger partial charge is 0.488 e. The molecule has 0 amide bonds. The Labute approximate surface area is 161 Å². The minimum absolute atomic E-state index is 0.0392. The van der Waals surface area contributed by atoms with E-state index in [-0.39, 0.29) is 5.41 Å². The van der Waals surface area contributed by atoms with Gasteiger partial charge in [0.25, 0.3) is 0 Å². The Hall–Kier alpha value is -2.87. The molecule has 0 aliphatic rings. The van der Waals surface area contributed by atoms with Crippen molar-refractivity contribution >= 4 is 6.29 Å². The lowest BCUT2D eigenvalue weighted by Crippen LogP contribution is -2.14. The third kappa shape index (κ3) is 4.65. The summed E-state index contributed by atoms with van der Waals surface area (Å²) in [6.07, 6.45) is 1.37. The van der Waals surface area contributed by atoms with Gasteiger partial charge in [-0.05, 0) is 22.1 Å². The lowest BCUT2D eigenvalue weighted by molar-refractivity contribution is -0.107. The van der Waals surface area contributed by atoms with Crippen LogP contribution in [-0.2, 0) is 23.2 Å². The van der Waals surface area contributed by atoms with E-state index in [1.54, 1.807) is 0 Å². The summed E-state index contributed by atoms with van der Waals surface area (Å²) >= 11 is 0. The standard InChI is InChI=1S/C25H26O2/c1-25(2,3)23-14-8-13-22(21-12-7-11-19(17-21)15-16-26)24(23)27-18-20-9-5-4-6-10-20/h4-14,16-17H,15,18H2,1-3H3. The fourth-order valence-electron chi connectivity index (χ4n) is 3.20. The predicted octanol–water partition coefficient (Wildman–Crippen LogP) is 5.97. The Morgan fingerprint density at radius 2 is 1.56 bits per heavy atom. The number of aldehydes is 1. The first-order valence-corrected chi connectivity index (χ1v) is 9.32. The molecule has 3 rings (SSSR count). The number of benzene rings is 3. The van der Waals surface area contributed by atoms with Crippen LogP contribution >= 0.6 is 0 Å². The maximum atomic E-state index is 10.9. The van der Waals surface area contributed by atoms with Gasteiger partial charge in [0, 0.05) is 17.5 Å². The molecule has 0 atom stereocenters. The second kappa shape index (κ2) is 8.22. The molecule has 0 fully saturated rings. The minimum atomic E-state index is -0.0392. The zero-order valence-corrected chi connectivity index (χ0v) is 16.2. The molecule has 0 heterocycles. The van der Waals surface area contributed by atoms with Gasteiger partial charge in [0.2, 0.25) is 0 Å². The molecule has 27 heavy (non-hydrogen) atoms. The number of rotatable bonds is 6. The molecule has 0 N–H and O–H groups in total. The van der Waals surface area contributed by atoms with Crippen LogP contribution in [0, 0.1) is 0 Å². The lowest BCUT2D eigenvalue weighted by atomic mass is 9.84. The predicted molar refractivity (Wildman–Crippen MR) is 111 cm³/mol. The number of para-hydroxylation sites is 1. The first kappa shape index (κ1) is 18.9. The Bertz CT molecular complexity index is 905. The Morgan fingerprint density at radius 1 is 0.852 bits per heavy atom. The lowest BCUT2D eigenvalue weighted by Gasteiger charge is -2.25. The second-order valence-electron chi connectivity index (χ2n) is 7.78. The summed E-state index contributed by atoms with van der Waals surface area (Å²) in [7, 11) is 0. The molecule has 0 aromatic heterocycles. The zero-order valence-electron chi connectivity index (χ0n) is 16.2. The van der Waals surface area contributed by atoms with Crippen LogP contribution < -0.4 is 4.74 Å². The van der Waals surface area contributed by atoms with Gasteiger partial charge in [-0.1, -0.05) is 93.6 Å². The molecular weight excluding hydrogens is 332 g/mol. The van der Waals surface area contributed by atoms with Gasteiger partial charge in [-0.15, -0.1) is 0 Å². The van der Waals surface area contributed by atoms with E-state index in [0.29, 0.717) is 13.0 Å². The van der Waals surface area contributed by atoms with Crippen molar-refractivity contribution in [1.29, 1.82) is 0 Å². The topological polar surface area (TPSA) is 26.3 Å². The van der Waals surface area contributed by atoms with Gasteiger partial charge in [-0.2, -0.15) is 0 Å². The minimum Gasteiger partial charge on any atom is -0.488 e. The van der Waals surface area contributed by atoms with E-state index in [2.05, 4.69) is 63.2 Å². The molecule has 0 saturated heterocycles. The molecule has 2 heteroatoms. The van der Waals surface area contributed by atoms with Crippen molar-refractivity contribution in [3.8, 4) is 16.9 Å². The number of carbonyl (C=O) groups is 1.